The second kappa shape index (κ2) is 5.19. The molecule has 0 spiro atoms. The molecule has 2 heterocycles. The van der Waals surface area contributed by atoms with Crippen molar-refractivity contribution in [3.8, 4) is 5.75 Å². The zero-order chi connectivity index (χ0) is 15.0. The van der Waals surface area contributed by atoms with Crippen LogP contribution in [0.5, 0.6) is 5.75 Å². The van der Waals surface area contributed by atoms with E-state index in [2.05, 4.69) is 5.10 Å². The lowest BCUT2D eigenvalue weighted by Crippen LogP contribution is -2.27. The summed E-state index contributed by atoms with van der Waals surface area (Å²) in [5.41, 5.74) is -0.152. The summed E-state index contributed by atoms with van der Waals surface area (Å²) in [7, 11) is -2.21. The van der Waals surface area contributed by atoms with E-state index in [4.69, 9.17) is 9.47 Å². The van der Waals surface area contributed by atoms with E-state index in [0.717, 1.165) is 10.5 Å². The molecule has 8 heteroatoms. The second-order valence-corrected chi connectivity index (χ2v) is 6.86. The first-order valence-electron chi connectivity index (χ1n) is 6.65. The molecule has 1 atom stereocenters. The predicted molar refractivity (Wildman–Crippen MR) is 77.3 cm³/mol. The Bertz CT molecular complexity index is 815. The van der Waals surface area contributed by atoms with Crippen molar-refractivity contribution in [2.45, 2.75) is 18.9 Å². The second-order valence-electron chi connectivity index (χ2n) is 5.00. The standard InChI is InChI=1S/C13H16N2O5S/c1-19-9-4-5-11-12(7-9)15(14-13(11)16)21(17,18)8-10-3-2-6-20-10/h4-5,7,10H,2-3,6,8H2,1H3,(H,14,16)/t10-/m1/s1. The molecule has 0 aliphatic carbocycles. The first-order chi connectivity index (χ1) is 10.0. The molecule has 114 valence electrons. The average Bonchev–Trinajstić information content (AvgIpc) is 3.06. The van der Waals surface area contributed by atoms with Crippen molar-refractivity contribution in [1.29, 1.82) is 0 Å². The van der Waals surface area contributed by atoms with Gasteiger partial charge in [-0.05, 0) is 25.0 Å². The molecule has 1 N–H and O–H groups in total. The minimum absolute atomic E-state index is 0.149. The third kappa shape index (κ3) is 2.56. The van der Waals surface area contributed by atoms with Gasteiger partial charge < -0.3 is 9.47 Å². The summed E-state index contributed by atoms with van der Waals surface area (Å²) >= 11 is 0. The molecular formula is C13H16N2O5S. The molecule has 7 nitrogen and oxygen atoms in total. The summed E-state index contributed by atoms with van der Waals surface area (Å²) < 4.78 is 36.3. The topological polar surface area (TPSA) is 90.4 Å². The van der Waals surface area contributed by atoms with Gasteiger partial charge >= 0.3 is 0 Å². The fourth-order valence-electron chi connectivity index (χ4n) is 2.52. The molecule has 0 saturated carbocycles. The number of rotatable bonds is 4. The van der Waals surface area contributed by atoms with Gasteiger partial charge in [0.25, 0.3) is 15.6 Å². The van der Waals surface area contributed by atoms with E-state index in [0.29, 0.717) is 24.2 Å². The highest BCUT2D eigenvalue weighted by atomic mass is 32.2. The van der Waals surface area contributed by atoms with E-state index in [-0.39, 0.29) is 17.4 Å². The van der Waals surface area contributed by atoms with Crippen molar-refractivity contribution in [3.05, 3.63) is 28.6 Å². The lowest BCUT2D eigenvalue weighted by atomic mass is 10.2. The SMILES string of the molecule is COc1ccc2c(=O)[nH]n(S(=O)(=O)C[C@H]3CCCO3)c2c1. The number of ether oxygens (including phenoxy) is 2. The third-order valence-electron chi connectivity index (χ3n) is 3.57. The quantitative estimate of drug-likeness (QED) is 0.897. The van der Waals surface area contributed by atoms with Crippen LogP contribution < -0.4 is 10.3 Å². The smallest absolute Gasteiger partial charge is 0.272 e. The maximum Gasteiger partial charge on any atom is 0.272 e. The van der Waals surface area contributed by atoms with Crippen molar-refractivity contribution < 1.29 is 17.9 Å². The number of aromatic amines is 1. The van der Waals surface area contributed by atoms with Gasteiger partial charge in [-0.25, -0.2) is 13.5 Å². The number of benzene rings is 1. The van der Waals surface area contributed by atoms with Crippen LogP contribution >= 0.6 is 0 Å². The molecule has 0 bridgehead atoms. The summed E-state index contributed by atoms with van der Waals surface area (Å²) in [4.78, 5) is 11.9. The summed E-state index contributed by atoms with van der Waals surface area (Å²) in [6.07, 6.45) is 1.25. The molecule has 1 aromatic carbocycles. The Labute approximate surface area is 121 Å². The van der Waals surface area contributed by atoms with Crippen LogP contribution in [-0.4, -0.2) is 43.2 Å². The fourth-order valence-corrected chi connectivity index (χ4v) is 4.07. The van der Waals surface area contributed by atoms with E-state index in [1.165, 1.54) is 13.2 Å². The number of aromatic nitrogens is 2. The zero-order valence-electron chi connectivity index (χ0n) is 11.5. The Kier molecular flexibility index (Phi) is 3.50. The Balaban J connectivity index is 2.08. The Morgan fingerprint density at radius 2 is 2.29 bits per heavy atom. The van der Waals surface area contributed by atoms with Crippen LogP contribution in [0.4, 0.5) is 0 Å². The van der Waals surface area contributed by atoms with Crippen molar-refractivity contribution >= 4 is 20.9 Å². The fraction of sp³-hybridized carbons (Fsp3) is 0.462. The lowest BCUT2D eigenvalue weighted by Gasteiger charge is -2.11. The number of methoxy groups -OCH3 is 1. The van der Waals surface area contributed by atoms with Gasteiger partial charge in [-0.15, -0.1) is 0 Å². The van der Waals surface area contributed by atoms with Gasteiger partial charge in [0, 0.05) is 12.7 Å². The molecule has 1 aliphatic heterocycles. The Morgan fingerprint density at radius 1 is 1.48 bits per heavy atom. The normalized spacial score (nSPS) is 19.2. The minimum Gasteiger partial charge on any atom is -0.497 e. The van der Waals surface area contributed by atoms with E-state index < -0.39 is 15.6 Å². The van der Waals surface area contributed by atoms with Crippen LogP contribution in [-0.2, 0) is 14.8 Å². The summed E-state index contributed by atoms with van der Waals surface area (Å²) in [5.74, 6) is 0.340. The number of hydrogen-bond acceptors (Lipinski definition) is 5. The van der Waals surface area contributed by atoms with E-state index in [9.17, 15) is 13.2 Å². The van der Waals surface area contributed by atoms with Gasteiger partial charge in [0.1, 0.15) is 5.75 Å². The number of fused-ring (bicyclic) bond motifs is 1. The third-order valence-corrected chi connectivity index (χ3v) is 5.21. The molecule has 3 rings (SSSR count). The molecule has 1 aromatic heterocycles. The number of nitrogens with one attached hydrogen (secondary N) is 1. The van der Waals surface area contributed by atoms with E-state index >= 15 is 0 Å². The Hall–Kier alpha value is -1.80. The maximum absolute atomic E-state index is 12.5. The zero-order valence-corrected chi connectivity index (χ0v) is 12.4. The summed E-state index contributed by atoms with van der Waals surface area (Å²) in [6.45, 7) is 0.580. The number of H-pyrrole nitrogens is 1. The molecule has 1 saturated heterocycles. The van der Waals surface area contributed by atoms with Gasteiger partial charge in [-0.1, -0.05) is 0 Å². The molecule has 1 fully saturated rings. The van der Waals surface area contributed by atoms with E-state index in [1.807, 2.05) is 0 Å². The lowest BCUT2D eigenvalue weighted by molar-refractivity contribution is 0.127. The monoisotopic (exact) mass is 312 g/mol. The predicted octanol–water partition coefficient (Wildman–Crippen LogP) is 0.695. The molecule has 0 unspecified atom stereocenters. The summed E-state index contributed by atoms with van der Waals surface area (Å²) in [6, 6.07) is 4.69. The van der Waals surface area contributed by atoms with Gasteiger partial charge in [-0.3, -0.25) is 4.79 Å². The Morgan fingerprint density at radius 3 is 2.95 bits per heavy atom. The molecule has 21 heavy (non-hydrogen) atoms. The average molecular weight is 312 g/mol. The highest BCUT2D eigenvalue weighted by Gasteiger charge is 2.26. The van der Waals surface area contributed by atoms with Gasteiger partial charge in [0.05, 0.1) is 29.9 Å². The van der Waals surface area contributed by atoms with Crippen molar-refractivity contribution in [3.63, 3.8) is 0 Å². The number of nitrogens with zero attached hydrogens (tertiary/aromatic N) is 1. The largest absolute Gasteiger partial charge is 0.497 e. The highest BCUT2D eigenvalue weighted by molar-refractivity contribution is 7.90. The van der Waals surface area contributed by atoms with Crippen LogP contribution in [0.15, 0.2) is 23.0 Å². The highest BCUT2D eigenvalue weighted by Crippen LogP contribution is 2.21. The summed E-state index contributed by atoms with van der Waals surface area (Å²) in [5, 5.41) is 2.69. The minimum atomic E-state index is -3.69. The first kappa shape index (κ1) is 14.2. The van der Waals surface area contributed by atoms with Gasteiger partial charge in [-0.2, -0.15) is 4.09 Å². The van der Waals surface area contributed by atoms with Crippen molar-refractivity contribution in [2.75, 3.05) is 19.5 Å². The molecule has 0 radical (unpaired) electrons. The molecular weight excluding hydrogens is 296 g/mol. The molecule has 1 aliphatic rings. The molecule has 0 amide bonds. The maximum atomic E-state index is 12.5. The van der Waals surface area contributed by atoms with Crippen LogP contribution in [0.3, 0.4) is 0 Å². The number of hydrogen-bond donors (Lipinski definition) is 1. The van der Waals surface area contributed by atoms with Crippen LogP contribution in [0, 0.1) is 0 Å². The molecule has 2 aromatic rings. The van der Waals surface area contributed by atoms with Crippen LogP contribution in [0.25, 0.3) is 10.9 Å². The first-order valence-corrected chi connectivity index (χ1v) is 8.26. The van der Waals surface area contributed by atoms with Crippen molar-refractivity contribution in [2.24, 2.45) is 0 Å². The van der Waals surface area contributed by atoms with Crippen LogP contribution in [0.1, 0.15) is 12.8 Å². The van der Waals surface area contributed by atoms with Gasteiger partial charge in [0.2, 0.25) is 0 Å². The van der Waals surface area contributed by atoms with Crippen molar-refractivity contribution in [1.82, 2.24) is 9.19 Å². The van der Waals surface area contributed by atoms with Gasteiger partial charge in [0.15, 0.2) is 0 Å². The van der Waals surface area contributed by atoms with E-state index in [1.54, 1.807) is 12.1 Å². The van der Waals surface area contributed by atoms with Crippen LogP contribution in [0.2, 0.25) is 0 Å².